The Balaban J connectivity index is 2.03. The highest BCUT2D eigenvalue weighted by molar-refractivity contribution is 5.68. The van der Waals surface area contributed by atoms with Crippen LogP contribution < -0.4 is 5.32 Å². The Hall–Kier alpha value is -0.770. The summed E-state index contributed by atoms with van der Waals surface area (Å²) in [6, 6.07) is 0.341. The van der Waals surface area contributed by atoms with E-state index in [0.29, 0.717) is 12.0 Å². The molecule has 4 heteroatoms. The van der Waals surface area contributed by atoms with E-state index in [9.17, 15) is 4.79 Å². The lowest BCUT2D eigenvalue weighted by atomic mass is 9.78. The largest absolute Gasteiger partial charge is 0.444 e. The van der Waals surface area contributed by atoms with Gasteiger partial charge in [-0.2, -0.15) is 0 Å². The van der Waals surface area contributed by atoms with Crippen LogP contribution in [0.4, 0.5) is 4.79 Å². The number of amides is 1. The van der Waals surface area contributed by atoms with Crippen molar-refractivity contribution in [2.75, 3.05) is 19.6 Å². The number of carbonyl (C=O) groups excluding carboxylic acids is 1. The number of carbonyl (C=O) groups is 1. The van der Waals surface area contributed by atoms with E-state index >= 15 is 0 Å². The summed E-state index contributed by atoms with van der Waals surface area (Å²) in [6.07, 6.45) is 5.82. The third-order valence-corrected chi connectivity index (χ3v) is 4.83. The molecule has 4 nitrogen and oxygen atoms in total. The minimum atomic E-state index is -0.421. The van der Waals surface area contributed by atoms with Crippen molar-refractivity contribution in [1.82, 2.24) is 10.2 Å². The maximum atomic E-state index is 12.6. The number of ether oxygens (including phenoxy) is 1. The van der Waals surface area contributed by atoms with Crippen molar-refractivity contribution in [2.45, 2.75) is 78.4 Å². The van der Waals surface area contributed by atoms with Crippen molar-refractivity contribution < 1.29 is 9.53 Å². The van der Waals surface area contributed by atoms with Gasteiger partial charge in [0, 0.05) is 12.6 Å². The minimum Gasteiger partial charge on any atom is -0.444 e. The first kappa shape index (κ1) is 17.6. The summed E-state index contributed by atoms with van der Waals surface area (Å²) in [5.41, 5.74) is -0.228. The molecule has 1 amide bonds. The van der Waals surface area contributed by atoms with Crippen molar-refractivity contribution in [2.24, 2.45) is 11.3 Å². The molecule has 22 heavy (non-hydrogen) atoms. The average Bonchev–Trinajstić information content (AvgIpc) is 2.40. The molecule has 2 heterocycles. The van der Waals surface area contributed by atoms with Gasteiger partial charge in [-0.15, -0.1) is 0 Å². The molecule has 2 aliphatic heterocycles. The Morgan fingerprint density at radius 1 is 1.32 bits per heavy atom. The molecule has 0 aromatic rings. The van der Waals surface area contributed by atoms with Gasteiger partial charge in [0.05, 0.1) is 0 Å². The highest BCUT2D eigenvalue weighted by atomic mass is 16.6. The van der Waals surface area contributed by atoms with Crippen molar-refractivity contribution in [3.63, 3.8) is 0 Å². The maximum absolute atomic E-state index is 12.6. The van der Waals surface area contributed by atoms with E-state index in [1.54, 1.807) is 0 Å². The molecule has 2 saturated heterocycles. The third kappa shape index (κ3) is 5.15. The maximum Gasteiger partial charge on any atom is 0.410 e. The monoisotopic (exact) mass is 310 g/mol. The van der Waals surface area contributed by atoms with Gasteiger partial charge in [-0.1, -0.05) is 13.8 Å². The fraction of sp³-hybridized carbons (Fsp3) is 0.944. The van der Waals surface area contributed by atoms with Gasteiger partial charge in [0.1, 0.15) is 5.60 Å². The fourth-order valence-corrected chi connectivity index (χ4v) is 3.67. The first-order valence-electron chi connectivity index (χ1n) is 8.87. The summed E-state index contributed by atoms with van der Waals surface area (Å²) in [4.78, 5) is 14.7. The Morgan fingerprint density at radius 2 is 2.05 bits per heavy atom. The van der Waals surface area contributed by atoms with Crippen LogP contribution in [0.25, 0.3) is 0 Å². The highest BCUT2D eigenvalue weighted by Crippen LogP contribution is 2.35. The number of rotatable bonds is 2. The number of nitrogens with one attached hydrogen (secondary N) is 1. The van der Waals surface area contributed by atoms with Crippen LogP contribution in [0.1, 0.15) is 66.7 Å². The molecule has 0 aliphatic carbocycles. The van der Waals surface area contributed by atoms with E-state index in [4.69, 9.17) is 4.74 Å². The van der Waals surface area contributed by atoms with Crippen LogP contribution >= 0.6 is 0 Å². The lowest BCUT2D eigenvalue weighted by Crippen LogP contribution is -2.52. The summed E-state index contributed by atoms with van der Waals surface area (Å²) >= 11 is 0. The summed E-state index contributed by atoms with van der Waals surface area (Å²) in [5.74, 6) is 0.699. The summed E-state index contributed by atoms with van der Waals surface area (Å²) in [6.45, 7) is 13.4. The Morgan fingerprint density at radius 3 is 2.64 bits per heavy atom. The Bertz CT molecular complexity index is 381. The lowest BCUT2D eigenvalue weighted by molar-refractivity contribution is -0.0118. The van der Waals surface area contributed by atoms with Crippen LogP contribution in [-0.4, -0.2) is 42.3 Å². The van der Waals surface area contributed by atoms with Crippen molar-refractivity contribution in [3.05, 3.63) is 0 Å². The van der Waals surface area contributed by atoms with Crippen LogP contribution in [0.2, 0.25) is 0 Å². The zero-order valence-corrected chi connectivity index (χ0v) is 15.1. The Kier molecular flexibility index (Phi) is 5.41. The molecule has 0 radical (unpaired) electrons. The summed E-state index contributed by atoms with van der Waals surface area (Å²) in [7, 11) is 0. The minimum absolute atomic E-state index is 0.131. The third-order valence-electron chi connectivity index (χ3n) is 4.83. The van der Waals surface area contributed by atoms with E-state index in [1.165, 1.54) is 19.3 Å². The second-order valence-corrected chi connectivity index (χ2v) is 8.91. The van der Waals surface area contributed by atoms with Gasteiger partial charge < -0.3 is 15.0 Å². The fourth-order valence-electron chi connectivity index (χ4n) is 3.67. The Labute approximate surface area is 136 Å². The van der Waals surface area contributed by atoms with Crippen LogP contribution in [0.15, 0.2) is 0 Å². The van der Waals surface area contributed by atoms with Crippen LogP contribution in [0, 0.1) is 11.3 Å². The van der Waals surface area contributed by atoms with E-state index in [1.807, 2.05) is 25.7 Å². The van der Waals surface area contributed by atoms with Gasteiger partial charge in [-0.05, 0) is 77.3 Å². The van der Waals surface area contributed by atoms with Crippen molar-refractivity contribution in [3.8, 4) is 0 Å². The van der Waals surface area contributed by atoms with E-state index in [0.717, 1.165) is 32.5 Å². The summed E-state index contributed by atoms with van der Waals surface area (Å²) < 4.78 is 5.66. The lowest BCUT2D eigenvalue weighted by Gasteiger charge is -2.45. The van der Waals surface area contributed by atoms with Crippen molar-refractivity contribution >= 4 is 6.09 Å². The van der Waals surface area contributed by atoms with Crippen LogP contribution in [-0.2, 0) is 4.74 Å². The van der Waals surface area contributed by atoms with Gasteiger partial charge in [0.25, 0.3) is 0 Å². The predicted molar refractivity (Wildman–Crippen MR) is 90.0 cm³/mol. The first-order chi connectivity index (χ1) is 10.2. The highest BCUT2D eigenvalue weighted by Gasteiger charge is 2.38. The number of hydrogen-bond acceptors (Lipinski definition) is 3. The van der Waals surface area contributed by atoms with E-state index in [-0.39, 0.29) is 11.5 Å². The zero-order valence-electron chi connectivity index (χ0n) is 15.1. The number of nitrogens with zero attached hydrogens (tertiary/aromatic N) is 1. The molecule has 128 valence electrons. The molecular weight excluding hydrogens is 276 g/mol. The molecule has 2 unspecified atom stereocenters. The molecule has 2 aliphatic rings. The van der Waals surface area contributed by atoms with Crippen LogP contribution in [0.3, 0.4) is 0 Å². The van der Waals surface area contributed by atoms with Gasteiger partial charge in [-0.3, -0.25) is 0 Å². The number of piperidine rings is 2. The van der Waals surface area contributed by atoms with E-state index < -0.39 is 5.60 Å². The molecule has 0 saturated carbocycles. The number of hydrogen-bond donors (Lipinski definition) is 1. The standard InChI is InChI=1S/C18H34N2O2/c1-17(2,3)22-16(21)20-13-18(4,5)9-8-15(20)11-14-7-6-10-19-12-14/h14-15,19H,6-13H2,1-5H3. The topological polar surface area (TPSA) is 41.6 Å². The molecule has 0 aromatic carbocycles. The molecular formula is C18H34N2O2. The SMILES string of the molecule is CC1(C)CCC(CC2CCCNC2)N(C(=O)OC(C)(C)C)C1. The summed E-state index contributed by atoms with van der Waals surface area (Å²) in [5, 5.41) is 3.49. The quantitative estimate of drug-likeness (QED) is 0.843. The molecule has 2 atom stereocenters. The van der Waals surface area contributed by atoms with Gasteiger partial charge in [-0.25, -0.2) is 4.79 Å². The van der Waals surface area contributed by atoms with Gasteiger partial charge in [0.15, 0.2) is 0 Å². The average molecular weight is 310 g/mol. The molecule has 1 N–H and O–H groups in total. The van der Waals surface area contributed by atoms with Crippen molar-refractivity contribution in [1.29, 1.82) is 0 Å². The van der Waals surface area contributed by atoms with Crippen LogP contribution in [0.5, 0.6) is 0 Å². The molecule has 2 fully saturated rings. The molecule has 0 aromatic heterocycles. The predicted octanol–water partition coefficient (Wildman–Crippen LogP) is 3.80. The smallest absolute Gasteiger partial charge is 0.410 e. The second kappa shape index (κ2) is 6.77. The first-order valence-corrected chi connectivity index (χ1v) is 8.87. The van der Waals surface area contributed by atoms with Gasteiger partial charge in [0.2, 0.25) is 0 Å². The molecule has 0 bridgehead atoms. The van der Waals surface area contributed by atoms with Gasteiger partial charge >= 0.3 is 6.09 Å². The zero-order chi connectivity index (χ0) is 16.4. The second-order valence-electron chi connectivity index (χ2n) is 8.91. The molecule has 2 rings (SSSR count). The van der Waals surface area contributed by atoms with E-state index in [2.05, 4.69) is 19.2 Å². The normalized spacial score (nSPS) is 29.2. The number of likely N-dealkylation sites (tertiary alicyclic amines) is 1. The molecule has 0 spiro atoms.